The van der Waals surface area contributed by atoms with Crippen molar-refractivity contribution in [3.8, 4) is 0 Å². The highest BCUT2D eigenvalue weighted by Crippen LogP contribution is 2.44. The molecule has 0 fully saturated rings. The van der Waals surface area contributed by atoms with E-state index in [1.165, 1.54) is 12.1 Å². The zero-order valence-corrected chi connectivity index (χ0v) is 28.9. The molecule has 0 saturated heterocycles. The average Bonchev–Trinajstić information content (AvgIpc) is 3.57. The number of benzene rings is 3. The summed E-state index contributed by atoms with van der Waals surface area (Å²) in [5, 5.41) is 10.3. The van der Waals surface area contributed by atoms with Gasteiger partial charge in [-0.3, -0.25) is 4.79 Å². The van der Waals surface area contributed by atoms with E-state index in [2.05, 4.69) is 4.74 Å². The van der Waals surface area contributed by atoms with Crippen molar-refractivity contribution in [3.05, 3.63) is 118 Å². The van der Waals surface area contributed by atoms with Gasteiger partial charge in [0.15, 0.2) is 6.04 Å². The number of nitrogens with zero attached hydrogens (tertiary/aromatic N) is 2. The molecule has 3 aromatic carbocycles. The van der Waals surface area contributed by atoms with Crippen molar-refractivity contribution in [1.29, 1.82) is 0 Å². The second-order valence-electron chi connectivity index (χ2n) is 11.4. The Bertz CT molecular complexity index is 1870. The number of rotatable bonds is 13. The third-order valence-corrected chi connectivity index (χ3v) is 11.2. The van der Waals surface area contributed by atoms with E-state index in [-0.39, 0.29) is 26.8 Å². The lowest BCUT2D eigenvalue weighted by atomic mass is 9.84. The lowest BCUT2D eigenvalue weighted by Gasteiger charge is -2.34. The highest BCUT2D eigenvalue weighted by atomic mass is 32.2. The number of alkyl halides is 6. The topological polar surface area (TPSA) is 156 Å². The van der Waals surface area contributed by atoms with Gasteiger partial charge in [0.25, 0.3) is 5.91 Å². The van der Waals surface area contributed by atoms with Crippen LogP contribution in [0.4, 0.5) is 36.8 Å². The highest BCUT2D eigenvalue weighted by molar-refractivity contribution is 7.89. The smallest absolute Gasteiger partial charge is 0.417 e. The Hall–Kier alpha value is -4.49. The molecule has 5 N–H and O–H groups in total. The summed E-state index contributed by atoms with van der Waals surface area (Å²) < 4.78 is 117. The molecule has 0 radical (unpaired) electrons. The number of ether oxygens (including phenoxy) is 1. The summed E-state index contributed by atoms with van der Waals surface area (Å²) in [5.74, 6) is -2.51. The minimum Gasteiger partial charge on any atom is -0.452 e. The first-order valence-corrected chi connectivity index (χ1v) is 17.6. The third kappa shape index (κ3) is 9.29. The molecule has 1 heterocycles. The Morgan fingerprint density at radius 1 is 0.846 bits per heavy atom. The van der Waals surface area contributed by atoms with Crippen LogP contribution in [0.3, 0.4) is 0 Å². The maximum Gasteiger partial charge on any atom is 0.417 e. The van der Waals surface area contributed by atoms with E-state index in [4.69, 9.17) is 11.5 Å². The van der Waals surface area contributed by atoms with Crippen molar-refractivity contribution in [2.75, 3.05) is 26.0 Å². The Balaban J connectivity index is 1.80. The molecule has 0 aliphatic rings. The molecule has 1 aromatic heterocycles. The summed E-state index contributed by atoms with van der Waals surface area (Å²) >= 11 is 0.233. The van der Waals surface area contributed by atoms with Crippen molar-refractivity contribution in [2.24, 2.45) is 5.73 Å². The van der Waals surface area contributed by atoms with Crippen molar-refractivity contribution in [3.63, 3.8) is 0 Å². The predicted octanol–water partition coefficient (Wildman–Crippen LogP) is 6.36. The highest BCUT2D eigenvalue weighted by Gasteiger charge is 2.52. The van der Waals surface area contributed by atoms with Crippen LogP contribution >= 0.6 is 11.3 Å². The van der Waals surface area contributed by atoms with E-state index in [1.54, 1.807) is 60.7 Å². The number of amides is 2. The quantitative estimate of drug-likeness (QED) is 0.105. The minimum atomic E-state index is -5.37. The van der Waals surface area contributed by atoms with Gasteiger partial charge in [-0.15, -0.1) is 11.3 Å². The first-order valence-electron chi connectivity index (χ1n) is 15.4. The van der Waals surface area contributed by atoms with E-state index >= 15 is 13.2 Å². The number of aliphatic hydroxyl groups excluding tert-OH is 1. The number of thiophene rings is 1. The summed E-state index contributed by atoms with van der Waals surface area (Å²) in [6.45, 7) is -2.36. The first kappa shape index (κ1) is 40.3. The van der Waals surface area contributed by atoms with Gasteiger partial charge in [-0.05, 0) is 47.5 Å². The maximum atomic E-state index is 15.0. The van der Waals surface area contributed by atoms with E-state index in [9.17, 15) is 36.3 Å². The molecule has 0 bridgehead atoms. The molecular formula is C34H34F6N4O6S2. The number of methoxy groups -OCH3 is 1. The van der Waals surface area contributed by atoms with Crippen LogP contribution in [-0.4, -0.2) is 73.4 Å². The van der Waals surface area contributed by atoms with Gasteiger partial charge in [0.1, 0.15) is 0 Å². The van der Waals surface area contributed by atoms with Crippen molar-refractivity contribution >= 4 is 39.0 Å². The third-order valence-electron chi connectivity index (χ3n) is 8.01. The molecule has 18 heteroatoms. The first-order chi connectivity index (χ1) is 24.4. The number of aliphatic hydroxyl groups is 1. The van der Waals surface area contributed by atoms with Gasteiger partial charge < -0.3 is 21.3 Å². The summed E-state index contributed by atoms with van der Waals surface area (Å²) in [7, 11) is -4.05. The number of hydrogen-bond acceptors (Lipinski definition) is 9. The fourth-order valence-corrected chi connectivity index (χ4v) is 8.46. The molecule has 0 spiro atoms. The molecule has 0 unspecified atom stereocenters. The Labute approximate surface area is 299 Å². The lowest BCUT2D eigenvalue weighted by molar-refractivity contribution is -0.187. The zero-order valence-electron chi connectivity index (χ0n) is 27.3. The van der Waals surface area contributed by atoms with Gasteiger partial charge >= 0.3 is 18.4 Å². The van der Waals surface area contributed by atoms with Gasteiger partial charge in [0.2, 0.25) is 10.0 Å². The van der Waals surface area contributed by atoms with Crippen molar-refractivity contribution in [1.82, 2.24) is 9.21 Å². The lowest BCUT2D eigenvalue weighted by Crippen LogP contribution is -2.53. The Kier molecular flexibility index (Phi) is 12.7. The maximum absolute atomic E-state index is 15.0. The van der Waals surface area contributed by atoms with E-state index < -0.39 is 87.8 Å². The zero-order chi connectivity index (χ0) is 38.4. The van der Waals surface area contributed by atoms with Crippen molar-refractivity contribution < 1.29 is 54.2 Å². The number of halogens is 6. The van der Waals surface area contributed by atoms with Crippen LogP contribution in [0.5, 0.6) is 0 Å². The van der Waals surface area contributed by atoms with Crippen LogP contribution in [0.2, 0.25) is 0 Å². The summed E-state index contributed by atoms with van der Waals surface area (Å²) in [5.41, 5.74) is 13.1. The molecule has 0 saturated carbocycles. The van der Waals surface area contributed by atoms with Gasteiger partial charge in [0.05, 0.1) is 37.1 Å². The monoisotopic (exact) mass is 772 g/mol. The van der Waals surface area contributed by atoms with E-state index in [0.717, 1.165) is 31.4 Å². The number of sulfonamides is 1. The molecule has 0 aliphatic carbocycles. The molecule has 4 rings (SSSR count). The molecule has 2 amide bonds. The van der Waals surface area contributed by atoms with E-state index in [1.807, 2.05) is 0 Å². The number of imide groups is 1. The Morgan fingerprint density at radius 2 is 1.37 bits per heavy atom. The number of carbonyl (C=O) groups excluding carboxylic acids is 2. The number of nitrogens with two attached hydrogens (primary N) is 2. The fraction of sp³-hybridized carbons (Fsp3) is 0.294. The average molecular weight is 773 g/mol. The molecule has 4 aromatic rings. The van der Waals surface area contributed by atoms with Crippen LogP contribution in [-0.2, 0) is 19.6 Å². The standard InChI is InChI=1S/C34H34F6N4O6S2/c1-50-32(47)44(31(46)29(42)28(21-8-4-2-5-9-21)22-10-6-3-7-11-22)30(34(38,39)40)27-17-16-26(51-27)25(20-45)43(19-18-33(35,36)37)52(48,49)24-14-12-23(41)13-15-24/h2-17,25,28-30,45H,18-20,41-42H2,1H3/t25-,29+,30-/m1/s1. The van der Waals surface area contributed by atoms with Crippen LogP contribution in [0.1, 0.15) is 45.3 Å². The van der Waals surface area contributed by atoms with Gasteiger partial charge in [-0.2, -0.15) is 30.6 Å². The normalized spacial score (nSPS) is 14.2. The molecule has 0 aliphatic heterocycles. The second-order valence-corrected chi connectivity index (χ2v) is 14.5. The summed E-state index contributed by atoms with van der Waals surface area (Å²) in [6.07, 6.45) is -13.6. The van der Waals surface area contributed by atoms with Crippen LogP contribution in [0.25, 0.3) is 0 Å². The van der Waals surface area contributed by atoms with Gasteiger partial charge in [0, 0.05) is 27.9 Å². The fourth-order valence-electron chi connectivity index (χ4n) is 5.56. The van der Waals surface area contributed by atoms with Gasteiger partial charge in [-0.1, -0.05) is 60.7 Å². The number of carbonyl (C=O) groups is 2. The predicted molar refractivity (Wildman–Crippen MR) is 180 cm³/mol. The van der Waals surface area contributed by atoms with Gasteiger partial charge in [-0.25, -0.2) is 18.1 Å². The number of hydrogen-bond donors (Lipinski definition) is 3. The molecule has 52 heavy (non-hydrogen) atoms. The molecular weight excluding hydrogens is 739 g/mol. The van der Waals surface area contributed by atoms with E-state index in [0.29, 0.717) is 15.4 Å². The minimum absolute atomic E-state index is 0.142. The largest absolute Gasteiger partial charge is 0.452 e. The molecule has 280 valence electrons. The summed E-state index contributed by atoms with van der Waals surface area (Å²) in [4.78, 5) is 25.4. The molecule has 3 atom stereocenters. The van der Waals surface area contributed by atoms with Crippen LogP contribution in [0, 0.1) is 0 Å². The number of anilines is 1. The molecule has 10 nitrogen and oxygen atoms in total. The summed E-state index contributed by atoms with van der Waals surface area (Å²) in [6, 6.07) is 15.9. The Morgan fingerprint density at radius 3 is 1.83 bits per heavy atom. The number of nitrogen functional groups attached to an aromatic ring is 1. The van der Waals surface area contributed by atoms with Crippen LogP contribution < -0.4 is 11.5 Å². The second kappa shape index (κ2) is 16.5. The van der Waals surface area contributed by atoms with Crippen molar-refractivity contribution in [2.45, 2.75) is 47.7 Å². The van der Waals surface area contributed by atoms with Crippen LogP contribution in [0.15, 0.2) is 102 Å². The SMILES string of the molecule is COC(=O)N(C(=O)[C@@H](N)C(c1ccccc1)c1ccccc1)[C@H](c1ccc([C@@H](CO)N(CCC(F)(F)F)S(=O)(=O)c2ccc(N)cc2)s1)C(F)(F)F.